The van der Waals surface area contributed by atoms with E-state index in [0.29, 0.717) is 6.54 Å². The first-order chi connectivity index (χ1) is 8.25. The number of hydrogen-bond donors (Lipinski definition) is 2. The first-order valence-electron chi connectivity index (χ1n) is 5.97. The third-order valence-electron chi connectivity index (χ3n) is 3.05. The molecule has 2 unspecified atom stereocenters. The van der Waals surface area contributed by atoms with E-state index in [9.17, 15) is 9.50 Å². The maximum Gasteiger partial charge on any atom is 0.123 e. The fraction of sp³-hybridized carbons (Fsp3) is 0.538. The highest BCUT2D eigenvalue weighted by molar-refractivity contribution is 7.99. The molecule has 1 saturated heterocycles. The molecule has 0 aliphatic carbocycles. The number of halogens is 1. The first kappa shape index (κ1) is 12.9. The molecular formula is C13H18FNOS. The van der Waals surface area contributed by atoms with Gasteiger partial charge in [-0.3, -0.25) is 0 Å². The van der Waals surface area contributed by atoms with Crippen molar-refractivity contribution in [1.82, 2.24) is 5.32 Å². The standard InChI is InChI=1S/C13H18FNOS/c14-12-3-1-11(2-4-12)13(16)8-15-7-10-5-6-17-9-10/h1-4,10,13,15-16H,5-9H2. The molecule has 2 nitrogen and oxygen atoms in total. The molecule has 17 heavy (non-hydrogen) atoms. The molecule has 4 heteroatoms. The normalized spacial score (nSPS) is 21.6. The van der Waals surface area contributed by atoms with E-state index >= 15 is 0 Å². The molecule has 0 saturated carbocycles. The monoisotopic (exact) mass is 255 g/mol. The Morgan fingerprint density at radius 3 is 2.82 bits per heavy atom. The van der Waals surface area contributed by atoms with Crippen LogP contribution < -0.4 is 5.32 Å². The Hall–Kier alpha value is -0.580. The lowest BCUT2D eigenvalue weighted by molar-refractivity contribution is 0.173. The van der Waals surface area contributed by atoms with Gasteiger partial charge in [0.1, 0.15) is 5.82 Å². The molecule has 94 valence electrons. The molecule has 1 aliphatic heterocycles. The smallest absolute Gasteiger partial charge is 0.123 e. The van der Waals surface area contributed by atoms with E-state index in [1.54, 1.807) is 12.1 Å². The number of thioether (sulfide) groups is 1. The van der Waals surface area contributed by atoms with Crippen molar-refractivity contribution < 1.29 is 9.50 Å². The highest BCUT2D eigenvalue weighted by Gasteiger charge is 2.15. The lowest BCUT2D eigenvalue weighted by atomic mass is 10.1. The molecule has 2 atom stereocenters. The predicted octanol–water partition coefficient (Wildman–Crippen LogP) is 2.20. The zero-order chi connectivity index (χ0) is 12.1. The van der Waals surface area contributed by atoms with Gasteiger partial charge in [-0.2, -0.15) is 11.8 Å². The van der Waals surface area contributed by atoms with Gasteiger partial charge < -0.3 is 10.4 Å². The Bertz CT molecular complexity index is 338. The van der Waals surface area contributed by atoms with Crippen LogP contribution in [-0.2, 0) is 0 Å². The van der Waals surface area contributed by atoms with Gasteiger partial charge in [-0.05, 0) is 48.1 Å². The molecule has 1 aromatic carbocycles. The summed E-state index contributed by atoms with van der Waals surface area (Å²) in [5.74, 6) is 2.95. The van der Waals surface area contributed by atoms with E-state index < -0.39 is 6.10 Å². The van der Waals surface area contributed by atoms with Gasteiger partial charge in [-0.25, -0.2) is 4.39 Å². The Balaban J connectivity index is 1.72. The van der Waals surface area contributed by atoms with Crippen molar-refractivity contribution in [1.29, 1.82) is 0 Å². The summed E-state index contributed by atoms with van der Waals surface area (Å²) in [5, 5.41) is 13.2. The van der Waals surface area contributed by atoms with Crippen LogP contribution in [0.25, 0.3) is 0 Å². The van der Waals surface area contributed by atoms with E-state index in [2.05, 4.69) is 5.32 Å². The quantitative estimate of drug-likeness (QED) is 0.846. The average molecular weight is 255 g/mol. The lowest BCUT2D eigenvalue weighted by Crippen LogP contribution is -2.27. The molecule has 1 fully saturated rings. The highest BCUT2D eigenvalue weighted by Crippen LogP contribution is 2.22. The summed E-state index contributed by atoms with van der Waals surface area (Å²) in [5.41, 5.74) is 0.764. The summed E-state index contributed by atoms with van der Waals surface area (Å²) in [6, 6.07) is 6.03. The number of aliphatic hydroxyl groups excluding tert-OH is 1. The Labute approximate surface area is 106 Å². The highest BCUT2D eigenvalue weighted by atomic mass is 32.2. The molecule has 1 heterocycles. The van der Waals surface area contributed by atoms with Crippen LogP contribution >= 0.6 is 11.8 Å². The SMILES string of the molecule is OC(CNCC1CCSC1)c1ccc(F)cc1. The minimum absolute atomic E-state index is 0.267. The van der Waals surface area contributed by atoms with Crippen LogP contribution in [0.3, 0.4) is 0 Å². The second kappa shape index (κ2) is 6.38. The van der Waals surface area contributed by atoms with E-state index in [-0.39, 0.29) is 5.82 Å². The molecule has 0 amide bonds. The molecule has 1 aliphatic rings. The largest absolute Gasteiger partial charge is 0.387 e. The fourth-order valence-corrected chi connectivity index (χ4v) is 3.26. The topological polar surface area (TPSA) is 32.3 Å². The molecule has 2 N–H and O–H groups in total. The van der Waals surface area contributed by atoms with Crippen LogP contribution in [0.4, 0.5) is 4.39 Å². The summed E-state index contributed by atoms with van der Waals surface area (Å²) in [6.07, 6.45) is 0.717. The van der Waals surface area contributed by atoms with E-state index in [1.165, 1.54) is 30.1 Å². The molecule has 0 aromatic heterocycles. The number of aliphatic hydroxyl groups is 1. The summed E-state index contributed by atoms with van der Waals surface area (Å²) in [7, 11) is 0. The van der Waals surface area contributed by atoms with Gasteiger partial charge in [0, 0.05) is 6.54 Å². The molecule has 0 radical (unpaired) electrons. The third kappa shape index (κ3) is 3.98. The van der Waals surface area contributed by atoms with Crippen LogP contribution in [0.15, 0.2) is 24.3 Å². The van der Waals surface area contributed by atoms with Crippen LogP contribution in [0.5, 0.6) is 0 Å². The number of benzene rings is 1. The van der Waals surface area contributed by atoms with Gasteiger partial charge >= 0.3 is 0 Å². The minimum atomic E-state index is -0.551. The Morgan fingerprint density at radius 1 is 1.41 bits per heavy atom. The van der Waals surface area contributed by atoms with Crippen molar-refractivity contribution in [2.75, 3.05) is 24.6 Å². The van der Waals surface area contributed by atoms with Gasteiger partial charge in [0.15, 0.2) is 0 Å². The summed E-state index contributed by atoms with van der Waals surface area (Å²) < 4.78 is 12.7. The van der Waals surface area contributed by atoms with Crippen molar-refractivity contribution >= 4 is 11.8 Å². The molecule has 2 rings (SSSR count). The van der Waals surface area contributed by atoms with Crippen molar-refractivity contribution in [3.63, 3.8) is 0 Å². The zero-order valence-corrected chi connectivity index (χ0v) is 10.5. The van der Waals surface area contributed by atoms with E-state index in [1.807, 2.05) is 11.8 Å². The molecule has 1 aromatic rings. The van der Waals surface area contributed by atoms with Crippen molar-refractivity contribution in [3.05, 3.63) is 35.6 Å². The van der Waals surface area contributed by atoms with Crippen LogP contribution in [0, 0.1) is 11.7 Å². The van der Waals surface area contributed by atoms with E-state index in [4.69, 9.17) is 0 Å². The summed E-state index contributed by atoms with van der Waals surface area (Å²) in [4.78, 5) is 0. The number of hydrogen-bond acceptors (Lipinski definition) is 3. The Kier molecular flexibility index (Phi) is 4.83. The number of rotatable bonds is 5. The van der Waals surface area contributed by atoms with Crippen molar-refractivity contribution in [3.8, 4) is 0 Å². The van der Waals surface area contributed by atoms with Gasteiger partial charge in [0.25, 0.3) is 0 Å². The third-order valence-corrected chi connectivity index (χ3v) is 4.28. The molecule has 0 spiro atoms. The summed E-state index contributed by atoms with van der Waals surface area (Å²) in [6.45, 7) is 1.50. The second-order valence-electron chi connectivity index (χ2n) is 4.46. The first-order valence-corrected chi connectivity index (χ1v) is 7.13. The van der Waals surface area contributed by atoms with Crippen molar-refractivity contribution in [2.45, 2.75) is 12.5 Å². The maximum absolute atomic E-state index is 12.7. The average Bonchev–Trinajstić information content (AvgIpc) is 2.83. The number of nitrogens with one attached hydrogen (secondary N) is 1. The minimum Gasteiger partial charge on any atom is -0.387 e. The van der Waals surface area contributed by atoms with Gasteiger partial charge in [0.05, 0.1) is 6.10 Å². The van der Waals surface area contributed by atoms with Crippen molar-refractivity contribution in [2.24, 2.45) is 5.92 Å². The maximum atomic E-state index is 12.7. The lowest BCUT2D eigenvalue weighted by Gasteiger charge is -2.14. The zero-order valence-electron chi connectivity index (χ0n) is 9.73. The van der Waals surface area contributed by atoms with E-state index in [0.717, 1.165) is 18.0 Å². The van der Waals surface area contributed by atoms with Crippen LogP contribution in [0.1, 0.15) is 18.1 Å². The van der Waals surface area contributed by atoms with Gasteiger partial charge in [0.2, 0.25) is 0 Å². The van der Waals surface area contributed by atoms with Gasteiger partial charge in [-0.15, -0.1) is 0 Å². The molecular weight excluding hydrogens is 237 g/mol. The second-order valence-corrected chi connectivity index (χ2v) is 5.61. The van der Waals surface area contributed by atoms with Crippen LogP contribution in [0.2, 0.25) is 0 Å². The van der Waals surface area contributed by atoms with Gasteiger partial charge in [-0.1, -0.05) is 12.1 Å². The predicted molar refractivity (Wildman–Crippen MR) is 69.7 cm³/mol. The molecule has 0 bridgehead atoms. The summed E-state index contributed by atoms with van der Waals surface area (Å²) >= 11 is 1.99. The Morgan fingerprint density at radius 2 is 2.18 bits per heavy atom. The van der Waals surface area contributed by atoms with Crippen LogP contribution in [-0.4, -0.2) is 29.7 Å². The fourth-order valence-electron chi connectivity index (χ4n) is 1.97.